The monoisotopic (exact) mass is 332 g/mol. The second kappa shape index (κ2) is 6.00. The number of sulfone groups is 1. The summed E-state index contributed by atoms with van der Waals surface area (Å²) in [7, 11) is -3.36. The summed E-state index contributed by atoms with van der Waals surface area (Å²) in [6, 6.07) is 10.1. The lowest BCUT2D eigenvalue weighted by Gasteiger charge is -2.05. The van der Waals surface area contributed by atoms with Crippen molar-refractivity contribution in [2.75, 3.05) is 5.75 Å². The van der Waals surface area contributed by atoms with Crippen LogP contribution in [-0.4, -0.2) is 23.7 Å². The minimum Gasteiger partial charge on any atom is -0.406 e. The Morgan fingerprint density at radius 2 is 1.91 bits per heavy atom. The van der Waals surface area contributed by atoms with E-state index in [-0.39, 0.29) is 12.3 Å². The van der Waals surface area contributed by atoms with Crippen LogP contribution >= 0.6 is 0 Å². The van der Waals surface area contributed by atoms with Crippen molar-refractivity contribution in [3.05, 3.63) is 58.7 Å². The van der Waals surface area contributed by atoms with Gasteiger partial charge in [-0.05, 0) is 37.6 Å². The van der Waals surface area contributed by atoms with Crippen molar-refractivity contribution < 1.29 is 12.8 Å². The van der Waals surface area contributed by atoms with Gasteiger partial charge in [0, 0.05) is 12.7 Å². The van der Waals surface area contributed by atoms with Crippen molar-refractivity contribution in [2.45, 2.75) is 24.8 Å². The maximum absolute atomic E-state index is 12.3. The predicted octanol–water partition coefficient (Wildman–Crippen LogP) is 2.16. The van der Waals surface area contributed by atoms with Crippen LogP contribution in [0.1, 0.15) is 12.0 Å². The Morgan fingerprint density at radius 3 is 2.65 bits per heavy atom. The number of hydrogen-bond acceptors (Lipinski definition) is 5. The number of benzene rings is 1. The van der Waals surface area contributed by atoms with E-state index in [2.05, 4.69) is 4.98 Å². The van der Waals surface area contributed by atoms with Gasteiger partial charge in [-0.3, -0.25) is 4.57 Å². The van der Waals surface area contributed by atoms with Crippen LogP contribution in [0.15, 0.2) is 56.7 Å². The summed E-state index contributed by atoms with van der Waals surface area (Å²) in [5, 5.41) is 0. The molecule has 3 rings (SSSR count). The fourth-order valence-electron chi connectivity index (χ4n) is 2.37. The summed E-state index contributed by atoms with van der Waals surface area (Å²) in [5.41, 5.74) is 1.84. The van der Waals surface area contributed by atoms with Gasteiger partial charge in [0.15, 0.2) is 21.1 Å². The minimum absolute atomic E-state index is 0.0397. The standard InChI is InChI=1S/C16H16N2O4S/c1-12-5-7-13(8-6-12)23(20,21)11-3-10-18-15-14(22-16(18)19)4-2-9-17-15/h2,4-9H,3,10-11H2,1H3. The second-order valence-electron chi connectivity index (χ2n) is 5.33. The average Bonchev–Trinajstić information content (AvgIpc) is 2.84. The highest BCUT2D eigenvalue weighted by Crippen LogP contribution is 2.14. The second-order valence-corrected chi connectivity index (χ2v) is 7.44. The summed E-state index contributed by atoms with van der Waals surface area (Å²) in [6.07, 6.45) is 1.87. The molecule has 1 aromatic carbocycles. The molecular formula is C16H16N2O4S. The Balaban J connectivity index is 1.75. The molecule has 120 valence electrons. The first-order valence-electron chi connectivity index (χ1n) is 7.21. The van der Waals surface area contributed by atoms with Gasteiger partial charge in [0.1, 0.15) is 0 Å². The molecule has 2 aromatic heterocycles. The molecular weight excluding hydrogens is 316 g/mol. The molecule has 0 unspecified atom stereocenters. The lowest BCUT2D eigenvalue weighted by atomic mass is 10.2. The first kappa shape index (κ1) is 15.5. The van der Waals surface area contributed by atoms with Crippen molar-refractivity contribution in [3.63, 3.8) is 0 Å². The summed E-state index contributed by atoms with van der Waals surface area (Å²) in [4.78, 5) is 16.2. The number of pyridine rings is 1. The molecule has 6 nitrogen and oxygen atoms in total. The number of fused-ring (bicyclic) bond motifs is 1. The molecule has 0 atom stereocenters. The Labute approximate surface area is 133 Å². The number of oxazole rings is 1. The van der Waals surface area contributed by atoms with E-state index in [0.717, 1.165) is 5.56 Å². The maximum Gasteiger partial charge on any atom is 0.421 e. The van der Waals surface area contributed by atoms with Crippen molar-refractivity contribution >= 4 is 21.1 Å². The molecule has 0 aliphatic heterocycles. The van der Waals surface area contributed by atoms with Gasteiger partial charge in [0.2, 0.25) is 0 Å². The SMILES string of the molecule is Cc1ccc(S(=O)(=O)CCCn2c(=O)oc3cccnc32)cc1. The van der Waals surface area contributed by atoms with Gasteiger partial charge in [-0.15, -0.1) is 0 Å². The normalized spacial score (nSPS) is 11.9. The molecule has 0 fully saturated rings. The molecule has 0 amide bonds. The van der Waals surface area contributed by atoms with Gasteiger partial charge in [-0.25, -0.2) is 18.2 Å². The van der Waals surface area contributed by atoms with Crippen LogP contribution in [0.4, 0.5) is 0 Å². The number of hydrogen-bond donors (Lipinski definition) is 0. The van der Waals surface area contributed by atoms with Crippen LogP contribution in [0.3, 0.4) is 0 Å². The van der Waals surface area contributed by atoms with Crippen molar-refractivity contribution in [1.29, 1.82) is 0 Å². The van der Waals surface area contributed by atoms with E-state index in [0.29, 0.717) is 22.5 Å². The molecule has 0 saturated carbocycles. The first-order valence-corrected chi connectivity index (χ1v) is 8.86. The minimum atomic E-state index is -3.36. The third-order valence-corrected chi connectivity index (χ3v) is 5.42. The Morgan fingerprint density at radius 1 is 1.17 bits per heavy atom. The van der Waals surface area contributed by atoms with Crippen molar-refractivity contribution in [1.82, 2.24) is 9.55 Å². The Bertz CT molecular complexity index is 985. The molecule has 0 bridgehead atoms. The van der Waals surface area contributed by atoms with Crippen molar-refractivity contribution in [3.8, 4) is 0 Å². The number of aryl methyl sites for hydroxylation is 2. The van der Waals surface area contributed by atoms with Crippen LogP contribution in [0, 0.1) is 6.92 Å². The topological polar surface area (TPSA) is 82.2 Å². The zero-order chi connectivity index (χ0) is 16.4. The maximum atomic E-state index is 12.3. The quantitative estimate of drug-likeness (QED) is 0.715. The molecule has 0 N–H and O–H groups in total. The Hall–Kier alpha value is -2.41. The zero-order valence-electron chi connectivity index (χ0n) is 12.6. The van der Waals surface area contributed by atoms with Crippen LogP contribution in [0.5, 0.6) is 0 Å². The molecule has 3 aromatic rings. The van der Waals surface area contributed by atoms with E-state index in [1.54, 1.807) is 42.6 Å². The lowest BCUT2D eigenvalue weighted by Crippen LogP contribution is -2.17. The van der Waals surface area contributed by atoms with Crippen molar-refractivity contribution in [2.24, 2.45) is 0 Å². The van der Waals surface area contributed by atoms with Crippen LogP contribution < -0.4 is 5.76 Å². The van der Waals surface area contributed by atoms with E-state index in [1.165, 1.54) is 4.57 Å². The molecule has 2 heterocycles. The summed E-state index contributed by atoms with van der Waals surface area (Å²) in [5.74, 6) is -0.561. The summed E-state index contributed by atoms with van der Waals surface area (Å²) in [6.45, 7) is 2.15. The number of rotatable bonds is 5. The fourth-order valence-corrected chi connectivity index (χ4v) is 3.67. The number of nitrogens with zero attached hydrogens (tertiary/aromatic N) is 2. The molecule has 0 aliphatic rings. The number of aromatic nitrogens is 2. The van der Waals surface area contributed by atoms with Gasteiger partial charge < -0.3 is 4.42 Å². The average molecular weight is 332 g/mol. The third kappa shape index (κ3) is 3.19. The van der Waals surface area contributed by atoms with Gasteiger partial charge >= 0.3 is 5.76 Å². The van der Waals surface area contributed by atoms with Crippen LogP contribution in [-0.2, 0) is 16.4 Å². The van der Waals surface area contributed by atoms with E-state index in [1.807, 2.05) is 6.92 Å². The van der Waals surface area contributed by atoms with Gasteiger partial charge in [0.05, 0.1) is 10.6 Å². The zero-order valence-corrected chi connectivity index (χ0v) is 13.4. The fraction of sp³-hybridized carbons (Fsp3) is 0.250. The Kier molecular flexibility index (Phi) is 4.04. The molecule has 0 saturated heterocycles. The molecule has 23 heavy (non-hydrogen) atoms. The summed E-state index contributed by atoms with van der Waals surface area (Å²) >= 11 is 0. The first-order chi connectivity index (χ1) is 11.0. The van der Waals surface area contributed by atoms with E-state index < -0.39 is 15.6 Å². The highest BCUT2D eigenvalue weighted by molar-refractivity contribution is 7.91. The van der Waals surface area contributed by atoms with Crippen LogP contribution in [0.2, 0.25) is 0 Å². The lowest BCUT2D eigenvalue weighted by molar-refractivity contribution is 0.501. The highest BCUT2D eigenvalue weighted by Gasteiger charge is 2.15. The van der Waals surface area contributed by atoms with E-state index in [4.69, 9.17) is 4.42 Å². The largest absolute Gasteiger partial charge is 0.421 e. The smallest absolute Gasteiger partial charge is 0.406 e. The van der Waals surface area contributed by atoms with Gasteiger partial charge in [0.25, 0.3) is 0 Å². The molecule has 0 spiro atoms. The van der Waals surface area contributed by atoms with Gasteiger partial charge in [-0.1, -0.05) is 17.7 Å². The molecule has 7 heteroatoms. The summed E-state index contributed by atoms with van der Waals surface area (Å²) < 4.78 is 31.0. The highest BCUT2D eigenvalue weighted by atomic mass is 32.2. The van der Waals surface area contributed by atoms with E-state index in [9.17, 15) is 13.2 Å². The predicted molar refractivity (Wildman–Crippen MR) is 86.1 cm³/mol. The van der Waals surface area contributed by atoms with Gasteiger partial charge in [-0.2, -0.15) is 0 Å². The molecule has 0 radical (unpaired) electrons. The third-order valence-electron chi connectivity index (χ3n) is 3.60. The van der Waals surface area contributed by atoms with E-state index >= 15 is 0 Å². The van der Waals surface area contributed by atoms with Crippen LogP contribution in [0.25, 0.3) is 11.2 Å². The molecule has 0 aliphatic carbocycles.